The maximum Gasteiger partial charge on any atom is 0.447 e. The molecule has 1 aromatic carbocycles. The minimum atomic E-state index is -4.53. The van der Waals surface area contributed by atoms with Crippen LogP contribution in [0.4, 0.5) is 18.9 Å². The number of amides is 1. The van der Waals surface area contributed by atoms with Gasteiger partial charge in [-0.15, -0.1) is 10.2 Å². The van der Waals surface area contributed by atoms with Gasteiger partial charge in [0, 0.05) is 42.2 Å². The highest BCUT2D eigenvalue weighted by atomic mass is 32.2. The van der Waals surface area contributed by atoms with Crippen molar-refractivity contribution in [2.45, 2.75) is 42.8 Å². The molecule has 156 valence electrons. The number of fused-ring (bicyclic) bond motifs is 1. The number of hydrogen-bond donors (Lipinski definition) is 1. The molecular weight excluding hydrogens is 415 g/mol. The molecule has 3 aromatic rings. The van der Waals surface area contributed by atoms with Gasteiger partial charge in [0.15, 0.2) is 5.82 Å². The third-order valence-corrected chi connectivity index (χ3v) is 5.47. The Labute approximate surface area is 174 Å². The van der Waals surface area contributed by atoms with E-state index in [2.05, 4.69) is 25.1 Å². The smallest absolute Gasteiger partial charge is 0.322 e. The SMILES string of the molecule is O=C(Nc1cccc(-c2nnc3n2CCCCC3)c1)c1cccnc1SC(F)(F)F. The fourth-order valence-electron chi connectivity index (χ4n) is 3.39. The summed E-state index contributed by atoms with van der Waals surface area (Å²) in [6, 6.07) is 9.79. The van der Waals surface area contributed by atoms with Crippen molar-refractivity contribution in [1.82, 2.24) is 19.7 Å². The lowest BCUT2D eigenvalue weighted by molar-refractivity contribution is -0.0329. The summed E-state index contributed by atoms with van der Waals surface area (Å²) in [6.45, 7) is 0.835. The molecule has 2 aromatic heterocycles. The second-order valence-electron chi connectivity index (χ2n) is 6.84. The maximum atomic E-state index is 12.8. The number of hydrogen-bond acceptors (Lipinski definition) is 5. The van der Waals surface area contributed by atoms with E-state index < -0.39 is 23.2 Å². The Hall–Kier alpha value is -2.88. The van der Waals surface area contributed by atoms with Crippen molar-refractivity contribution < 1.29 is 18.0 Å². The monoisotopic (exact) mass is 433 g/mol. The van der Waals surface area contributed by atoms with Crippen LogP contribution in [0, 0.1) is 0 Å². The predicted molar refractivity (Wildman–Crippen MR) is 107 cm³/mol. The van der Waals surface area contributed by atoms with Crippen LogP contribution < -0.4 is 5.32 Å². The largest absolute Gasteiger partial charge is 0.447 e. The Kier molecular flexibility index (Phi) is 5.76. The summed E-state index contributed by atoms with van der Waals surface area (Å²) >= 11 is -0.409. The van der Waals surface area contributed by atoms with Crippen molar-refractivity contribution in [2.75, 3.05) is 5.32 Å². The Bertz CT molecular complexity index is 1070. The van der Waals surface area contributed by atoms with Gasteiger partial charge in [0.2, 0.25) is 0 Å². The molecule has 4 rings (SSSR count). The number of aryl methyl sites for hydroxylation is 1. The van der Waals surface area contributed by atoms with E-state index in [4.69, 9.17) is 0 Å². The molecule has 0 spiro atoms. The second kappa shape index (κ2) is 8.47. The molecule has 0 saturated carbocycles. The van der Waals surface area contributed by atoms with Crippen molar-refractivity contribution in [3.8, 4) is 11.4 Å². The van der Waals surface area contributed by atoms with Crippen LogP contribution in [0.2, 0.25) is 0 Å². The van der Waals surface area contributed by atoms with Gasteiger partial charge < -0.3 is 9.88 Å². The molecule has 6 nitrogen and oxygen atoms in total. The number of halogens is 3. The molecule has 0 radical (unpaired) electrons. The van der Waals surface area contributed by atoms with E-state index in [1.165, 1.54) is 18.3 Å². The molecular formula is C20H18F3N5OS. The summed E-state index contributed by atoms with van der Waals surface area (Å²) in [5, 5.41) is 10.9. The fourth-order valence-corrected chi connectivity index (χ4v) is 3.99. The van der Waals surface area contributed by atoms with E-state index in [-0.39, 0.29) is 10.6 Å². The average molecular weight is 433 g/mol. The molecule has 0 saturated heterocycles. The van der Waals surface area contributed by atoms with Crippen LogP contribution >= 0.6 is 11.8 Å². The third kappa shape index (κ3) is 4.64. The highest BCUT2D eigenvalue weighted by Crippen LogP contribution is 2.37. The first-order valence-corrected chi connectivity index (χ1v) is 10.3. The van der Waals surface area contributed by atoms with E-state index in [1.54, 1.807) is 18.2 Å². The number of rotatable bonds is 4. The molecule has 0 atom stereocenters. The third-order valence-electron chi connectivity index (χ3n) is 4.72. The van der Waals surface area contributed by atoms with Gasteiger partial charge in [0.1, 0.15) is 10.9 Å². The number of carbonyl (C=O) groups is 1. The van der Waals surface area contributed by atoms with Gasteiger partial charge in [0.25, 0.3) is 5.91 Å². The van der Waals surface area contributed by atoms with E-state index in [1.807, 2.05) is 6.07 Å². The van der Waals surface area contributed by atoms with Crippen molar-refractivity contribution in [2.24, 2.45) is 0 Å². The molecule has 1 aliphatic rings. The summed E-state index contributed by atoms with van der Waals surface area (Å²) in [5.74, 6) is 1.01. The normalized spacial score (nSPS) is 14.1. The molecule has 1 N–H and O–H groups in total. The summed E-state index contributed by atoms with van der Waals surface area (Å²) < 4.78 is 40.4. The Morgan fingerprint density at radius 2 is 1.97 bits per heavy atom. The molecule has 0 unspecified atom stereocenters. The standard InChI is InChI=1S/C20H18F3N5OS/c21-20(22,23)30-19-15(8-5-10-24-19)18(29)25-14-7-4-6-13(12-14)17-27-26-16-9-2-1-3-11-28(16)17/h4-8,10,12H,1-3,9,11H2,(H,25,29). The first-order valence-electron chi connectivity index (χ1n) is 9.45. The average Bonchev–Trinajstić information content (AvgIpc) is 2.96. The lowest BCUT2D eigenvalue weighted by Gasteiger charge is -2.11. The molecule has 0 bridgehead atoms. The van der Waals surface area contributed by atoms with E-state index in [0.717, 1.165) is 49.4 Å². The highest BCUT2D eigenvalue weighted by Gasteiger charge is 2.32. The topological polar surface area (TPSA) is 72.7 Å². The zero-order chi connectivity index (χ0) is 21.1. The molecule has 30 heavy (non-hydrogen) atoms. The minimum Gasteiger partial charge on any atom is -0.322 e. The van der Waals surface area contributed by atoms with Gasteiger partial charge >= 0.3 is 5.51 Å². The number of carbonyl (C=O) groups excluding carboxylic acids is 1. The van der Waals surface area contributed by atoms with Gasteiger partial charge in [-0.2, -0.15) is 13.2 Å². The number of anilines is 1. The van der Waals surface area contributed by atoms with Gasteiger partial charge in [-0.3, -0.25) is 4.79 Å². The molecule has 1 amide bonds. The first-order chi connectivity index (χ1) is 14.4. The maximum absolute atomic E-state index is 12.8. The minimum absolute atomic E-state index is 0.137. The van der Waals surface area contributed by atoms with Crippen LogP contribution in [0.25, 0.3) is 11.4 Å². The van der Waals surface area contributed by atoms with Crippen molar-refractivity contribution in [3.05, 3.63) is 54.0 Å². The molecule has 1 aliphatic heterocycles. The molecule has 0 fully saturated rings. The molecule has 3 heterocycles. The first kappa shape index (κ1) is 20.4. The fraction of sp³-hybridized carbons (Fsp3) is 0.300. The number of aromatic nitrogens is 4. The summed E-state index contributed by atoms with van der Waals surface area (Å²) in [7, 11) is 0. The van der Waals surface area contributed by atoms with Crippen LogP contribution in [-0.2, 0) is 13.0 Å². The number of pyridine rings is 1. The summed E-state index contributed by atoms with van der Waals surface area (Å²) in [4.78, 5) is 16.3. The second-order valence-corrected chi connectivity index (χ2v) is 7.89. The van der Waals surface area contributed by atoms with Gasteiger partial charge in [-0.25, -0.2) is 4.98 Å². The quantitative estimate of drug-likeness (QED) is 0.591. The number of nitrogens with zero attached hydrogens (tertiary/aromatic N) is 4. The van der Waals surface area contributed by atoms with Gasteiger partial charge in [-0.05, 0) is 37.1 Å². The van der Waals surface area contributed by atoms with Gasteiger partial charge in [-0.1, -0.05) is 18.6 Å². The Morgan fingerprint density at radius 1 is 1.10 bits per heavy atom. The summed E-state index contributed by atoms with van der Waals surface area (Å²) in [6.07, 6.45) is 5.38. The van der Waals surface area contributed by atoms with Crippen molar-refractivity contribution in [1.29, 1.82) is 0 Å². The highest BCUT2D eigenvalue weighted by molar-refractivity contribution is 8.00. The van der Waals surface area contributed by atoms with E-state index >= 15 is 0 Å². The molecule has 0 aliphatic carbocycles. The summed E-state index contributed by atoms with van der Waals surface area (Å²) in [5.41, 5.74) is -3.43. The lowest BCUT2D eigenvalue weighted by atomic mass is 10.1. The number of thioether (sulfide) groups is 1. The van der Waals surface area contributed by atoms with Crippen molar-refractivity contribution >= 4 is 23.4 Å². The van der Waals surface area contributed by atoms with Crippen LogP contribution in [-0.4, -0.2) is 31.2 Å². The number of alkyl halides is 3. The van der Waals surface area contributed by atoms with E-state index in [0.29, 0.717) is 5.69 Å². The van der Waals surface area contributed by atoms with Gasteiger partial charge in [0.05, 0.1) is 5.56 Å². The molecule has 10 heteroatoms. The predicted octanol–water partition coefficient (Wildman–Crippen LogP) is 4.93. The van der Waals surface area contributed by atoms with Crippen LogP contribution in [0.1, 0.15) is 35.4 Å². The van der Waals surface area contributed by atoms with E-state index in [9.17, 15) is 18.0 Å². The number of benzene rings is 1. The zero-order valence-electron chi connectivity index (χ0n) is 15.8. The lowest BCUT2D eigenvalue weighted by Crippen LogP contribution is -2.15. The van der Waals surface area contributed by atoms with Crippen molar-refractivity contribution in [3.63, 3.8) is 0 Å². The van der Waals surface area contributed by atoms with Crippen LogP contribution in [0.15, 0.2) is 47.6 Å². The number of nitrogens with one attached hydrogen (secondary N) is 1. The van der Waals surface area contributed by atoms with Crippen LogP contribution in [0.3, 0.4) is 0 Å². The van der Waals surface area contributed by atoms with Crippen LogP contribution in [0.5, 0.6) is 0 Å². The Morgan fingerprint density at radius 3 is 2.80 bits per heavy atom. The zero-order valence-corrected chi connectivity index (χ0v) is 16.6. The Balaban J connectivity index is 1.58.